The Morgan fingerprint density at radius 3 is 2.72 bits per heavy atom. The molecule has 2 N–H and O–H groups in total. The molecule has 1 heterocycles. The van der Waals surface area contributed by atoms with Crippen LogP contribution in [0.15, 0.2) is 4.52 Å². The van der Waals surface area contributed by atoms with Crippen LogP contribution in [0.5, 0.6) is 0 Å². The van der Waals surface area contributed by atoms with Gasteiger partial charge in [0, 0.05) is 12.0 Å². The highest BCUT2D eigenvalue weighted by Gasteiger charge is 2.29. The maximum absolute atomic E-state index is 5.96. The molecule has 4 nitrogen and oxygen atoms in total. The van der Waals surface area contributed by atoms with E-state index in [-0.39, 0.29) is 12.0 Å². The van der Waals surface area contributed by atoms with Gasteiger partial charge in [0.15, 0.2) is 5.82 Å². The van der Waals surface area contributed by atoms with Crippen LogP contribution < -0.4 is 5.73 Å². The highest BCUT2D eigenvalue weighted by molar-refractivity contribution is 5.03. The predicted molar refractivity (Wildman–Crippen MR) is 71.4 cm³/mol. The molecular weight excluding hydrogens is 226 g/mol. The van der Waals surface area contributed by atoms with E-state index in [1.165, 1.54) is 25.7 Å². The third-order valence-corrected chi connectivity index (χ3v) is 4.33. The molecule has 0 radical (unpaired) electrons. The Morgan fingerprint density at radius 2 is 2.17 bits per heavy atom. The maximum atomic E-state index is 5.96. The van der Waals surface area contributed by atoms with Gasteiger partial charge in [-0.05, 0) is 38.5 Å². The largest absolute Gasteiger partial charge is 0.339 e. The van der Waals surface area contributed by atoms with E-state index in [1.54, 1.807) is 0 Å². The Labute approximate surface area is 109 Å². The molecule has 0 spiro atoms. The van der Waals surface area contributed by atoms with Crippen molar-refractivity contribution in [2.75, 3.05) is 0 Å². The fraction of sp³-hybridized carbons (Fsp3) is 0.857. The standard InChI is InChI=1S/C14H25N3O/c1-4-10-6-7-11(8-10)13-16-14(18-17-13)12(5-2)9(3)15/h9-12H,4-8,15H2,1-3H3. The van der Waals surface area contributed by atoms with Crippen molar-refractivity contribution < 1.29 is 4.52 Å². The first kappa shape index (κ1) is 13.5. The van der Waals surface area contributed by atoms with Crippen molar-refractivity contribution in [1.29, 1.82) is 0 Å². The Morgan fingerprint density at radius 1 is 1.39 bits per heavy atom. The van der Waals surface area contributed by atoms with E-state index in [4.69, 9.17) is 10.3 Å². The lowest BCUT2D eigenvalue weighted by Gasteiger charge is -2.13. The van der Waals surface area contributed by atoms with Crippen molar-refractivity contribution in [3.05, 3.63) is 11.7 Å². The minimum atomic E-state index is 0.0651. The summed E-state index contributed by atoms with van der Waals surface area (Å²) in [5, 5.41) is 4.18. The molecule has 18 heavy (non-hydrogen) atoms. The van der Waals surface area contributed by atoms with E-state index >= 15 is 0 Å². The zero-order chi connectivity index (χ0) is 13.1. The number of hydrogen-bond donors (Lipinski definition) is 1. The second-order valence-electron chi connectivity index (χ2n) is 5.65. The van der Waals surface area contributed by atoms with E-state index in [2.05, 4.69) is 24.0 Å². The summed E-state index contributed by atoms with van der Waals surface area (Å²) >= 11 is 0. The quantitative estimate of drug-likeness (QED) is 0.872. The Bertz CT molecular complexity index is 375. The fourth-order valence-electron chi connectivity index (χ4n) is 3.02. The molecule has 2 rings (SSSR count). The van der Waals surface area contributed by atoms with Crippen molar-refractivity contribution >= 4 is 0 Å². The Hall–Kier alpha value is -0.900. The molecule has 1 saturated carbocycles. The first-order valence-electron chi connectivity index (χ1n) is 7.24. The van der Waals surface area contributed by atoms with Gasteiger partial charge in [-0.15, -0.1) is 0 Å². The van der Waals surface area contributed by atoms with Gasteiger partial charge >= 0.3 is 0 Å². The zero-order valence-electron chi connectivity index (χ0n) is 11.7. The van der Waals surface area contributed by atoms with Gasteiger partial charge < -0.3 is 10.3 Å². The van der Waals surface area contributed by atoms with Gasteiger partial charge in [0.1, 0.15) is 0 Å². The number of rotatable bonds is 5. The van der Waals surface area contributed by atoms with E-state index in [1.807, 2.05) is 6.92 Å². The predicted octanol–water partition coefficient (Wildman–Crippen LogP) is 3.20. The Kier molecular flexibility index (Phi) is 4.38. The van der Waals surface area contributed by atoms with Crippen LogP contribution in [0.25, 0.3) is 0 Å². The molecule has 4 heteroatoms. The maximum Gasteiger partial charge on any atom is 0.231 e. The van der Waals surface area contributed by atoms with Crippen LogP contribution in [-0.2, 0) is 0 Å². The van der Waals surface area contributed by atoms with Gasteiger partial charge in [0.2, 0.25) is 5.89 Å². The monoisotopic (exact) mass is 251 g/mol. The summed E-state index contributed by atoms with van der Waals surface area (Å²) in [5.74, 6) is 3.16. The third kappa shape index (κ3) is 2.74. The van der Waals surface area contributed by atoms with E-state index in [0.717, 1.165) is 24.1 Å². The van der Waals surface area contributed by atoms with Crippen molar-refractivity contribution in [3.8, 4) is 0 Å². The van der Waals surface area contributed by atoms with Crippen LogP contribution in [0, 0.1) is 5.92 Å². The summed E-state index contributed by atoms with van der Waals surface area (Å²) in [7, 11) is 0. The van der Waals surface area contributed by atoms with Crippen molar-refractivity contribution in [2.45, 2.75) is 70.8 Å². The molecule has 4 unspecified atom stereocenters. The molecule has 1 aromatic heterocycles. The summed E-state index contributed by atoms with van der Waals surface area (Å²) in [4.78, 5) is 4.60. The Balaban J connectivity index is 2.06. The molecule has 4 atom stereocenters. The third-order valence-electron chi connectivity index (χ3n) is 4.33. The molecule has 0 bridgehead atoms. The lowest BCUT2D eigenvalue weighted by Crippen LogP contribution is -2.24. The van der Waals surface area contributed by atoms with Crippen LogP contribution in [0.1, 0.15) is 76.4 Å². The molecule has 1 fully saturated rings. The van der Waals surface area contributed by atoms with Crippen LogP contribution in [0.2, 0.25) is 0 Å². The summed E-state index contributed by atoms with van der Waals surface area (Å²) in [6.45, 7) is 6.37. The van der Waals surface area contributed by atoms with Crippen LogP contribution in [0.4, 0.5) is 0 Å². The van der Waals surface area contributed by atoms with Gasteiger partial charge in [-0.2, -0.15) is 4.98 Å². The molecular formula is C14H25N3O. The van der Waals surface area contributed by atoms with Gasteiger partial charge in [-0.3, -0.25) is 0 Å². The lowest BCUT2D eigenvalue weighted by molar-refractivity contribution is 0.329. The van der Waals surface area contributed by atoms with E-state index < -0.39 is 0 Å². The highest BCUT2D eigenvalue weighted by atomic mass is 16.5. The first-order valence-corrected chi connectivity index (χ1v) is 7.24. The molecule has 102 valence electrons. The summed E-state index contributed by atoms with van der Waals surface area (Å²) in [5.41, 5.74) is 5.96. The minimum Gasteiger partial charge on any atom is -0.339 e. The summed E-state index contributed by atoms with van der Waals surface area (Å²) < 4.78 is 5.42. The number of aromatic nitrogens is 2. The van der Waals surface area contributed by atoms with Crippen LogP contribution in [0.3, 0.4) is 0 Å². The molecule has 0 aliphatic heterocycles. The SMILES string of the molecule is CCC1CCC(c2noc(C(CC)C(C)N)n2)C1. The zero-order valence-corrected chi connectivity index (χ0v) is 11.7. The smallest absolute Gasteiger partial charge is 0.231 e. The van der Waals surface area contributed by atoms with Crippen molar-refractivity contribution in [1.82, 2.24) is 10.1 Å². The second kappa shape index (κ2) is 5.83. The fourth-order valence-corrected chi connectivity index (χ4v) is 3.02. The molecule has 0 amide bonds. The van der Waals surface area contributed by atoms with E-state index in [0.29, 0.717) is 5.92 Å². The molecule has 0 saturated heterocycles. The topological polar surface area (TPSA) is 64.9 Å². The van der Waals surface area contributed by atoms with Gasteiger partial charge in [-0.25, -0.2) is 0 Å². The highest BCUT2D eigenvalue weighted by Crippen LogP contribution is 2.38. The summed E-state index contributed by atoms with van der Waals surface area (Å²) in [6.07, 6.45) is 5.92. The van der Waals surface area contributed by atoms with Crippen molar-refractivity contribution in [3.63, 3.8) is 0 Å². The average molecular weight is 251 g/mol. The first-order chi connectivity index (χ1) is 8.65. The number of nitrogens with two attached hydrogens (primary N) is 1. The lowest BCUT2D eigenvalue weighted by atomic mass is 9.99. The average Bonchev–Trinajstić information content (AvgIpc) is 2.96. The van der Waals surface area contributed by atoms with Crippen molar-refractivity contribution in [2.24, 2.45) is 11.7 Å². The molecule has 1 aliphatic rings. The molecule has 1 aliphatic carbocycles. The number of hydrogen-bond acceptors (Lipinski definition) is 4. The van der Waals surface area contributed by atoms with Gasteiger partial charge in [0.05, 0.1) is 5.92 Å². The minimum absolute atomic E-state index is 0.0651. The van der Waals surface area contributed by atoms with Gasteiger partial charge in [-0.1, -0.05) is 25.4 Å². The van der Waals surface area contributed by atoms with Crippen LogP contribution in [-0.4, -0.2) is 16.2 Å². The second-order valence-corrected chi connectivity index (χ2v) is 5.65. The van der Waals surface area contributed by atoms with Gasteiger partial charge in [0.25, 0.3) is 0 Å². The molecule has 0 aromatic carbocycles. The van der Waals surface area contributed by atoms with E-state index in [9.17, 15) is 0 Å². The normalized spacial score (nSPS) is 27.3. The van der Waals surface area contributed by atoms with Crippen LogP contribution >= 0.6 is 0 Å². The molecule has 1 aromatic rings. The summed E-state index contributed by atoms with van der Waals surface area (Å²) in [6, 6.07) is 0.0651. The number of nitrogens with zero attached hydrogens (tertiary/aromatic N) is 2.